The predicted molar refractivity (Wildman–Crippen MR) is 92.2 cm³/mol. The van der Waals surface area contributed by atoms with Crippen molar-refractivity contribution in [3.8, 4) is 11.5 Å². The zero-order chi connectivity index (χ0) is 15.5. The SMILES string of the molecule is C=CCOc1c(Br)cc(CNCCCCCC)cc1OC. The minimum absolute atomic E-state index is 0.462. The van der Waals surface area contributed by atoms with Crippen LogP contribution in [0.3, 0.4) is 0 Å². The normalized spacial score (nSPS) is 10.4. The van der Waals surface area contributed by atoms with Gasteiger partial charge in [-0.05, 0) is 46.6 Å². The van der Waals surface area contributed by atoms with E-state index in [9.17, 15) is 0 Å². The summed E-state index contributed by atoms with van der Waals surface area (Å²) in [4.78, 5) is 0. The Morgan fingerprint density at radius 2 is 2.10 bits per heavy atom. The third kappa shape index (κ3) is 6.53. The maximum Gasteiger partial charge on any atom is 0.175 e. The van der Waals surface area contributed by atoms with Gasteiger partial charge in [0.1, 0.15) is 6.61 Å². The summed E-state index contributed by atoms with van der Waals surface area (Å²) in [5.74, 6) is 1.47. The molecule has 0 radical (unpaired) electrons. The van der Waals surface area contributed by atoms with E-state index in [4.69, 9.17) is 9.47 Å². The lowest BCUT2D eigenvalue weighted by Gasteiger charge is -2.14. The van der Waals surface area contributed by atoms with Gasteiger partial charge in [-0.2, -0.15) is 0 Å². The van der Waals surface area contributed by atoms with Gasteiger partial charge in [0.05, 0.1) is 11.6 Å². The van der Waals surface area contributed by atoms with Crippen LogP contribution in [0.1, 0.15) is 38.2 Å². The van der Waals surface area contributed by atoms with Crippen LogP contribution < -0.4 is 14.8 Å². The molecule has 0 saturated carbocycles. The minimum atomic E-state index is 0.462. The van der Waals surface area contributed by atoms with E-state index in [1.807, 2.05) is 6.07 Å². The maximum atomic E-state index is 5.62. The van der Waals surface area contributed by atoms with E-state index in [1.54, 1.807) is 13.2 Å². The van der Waals surface area contributed by atoms with Gasteiger partial charge in [-0.1, -0.05) is 38.8 Å². The van der Waals surface area contributed by atoms with Gasteiger partial charge in [-0.25, -0.2) is 0 Å². The van der Waals surface area contributed by atoms with E-state index in [0.717, 1.165) is 29.1 Å². The lowest BCUT2D eigenvalue weighted by Crippen LogP contribution is -2.14. The number of unbranched alkanes of at least 4 members (excludes halogenated alkanes) is 3. The van der Waals surface area contributed by atoms with Gasteiger partial charge >= 0.3 is 0 Å². The van der Waals surface area contributed by atoms with Gasteiger partial charge in [0.2, 0.25) is 0 Å². The molecular weight excluding hydrogens is 330 g/mol. The zero-order valence-corrected chi connectivity index (χ0v) is 14.7. The second-order valence-electron chi connectivity index (χ2n) is 4.95. The third-order valence-electron chi connectivity index (χ3n) is 3.17. The Morgan fingerprint density at radius 1 is 1.29 bits per heavy atom. The molecule has 0 aliphatic heterocycles. The summed E-state index contributed by atoms with van der Waals surface area (Å²) in [6.07, 6.45) is 6.84. The van der Waals surface area contributed by atoms with Crippen LogP contribution in [0.15, 0.2) is 29.3 Å². The summed E-state index contributed by atoms with van der Waals surface area (Å²) >= 11 is 3.55. The van der Waals surface area contributed by atoms with E-state index < -0.39 is 0 Å². The average Bonchev–Trinajstić information content (AvgIpc) is 2.49. The molecule has 1 rings (SSSR count). The molecule has 1 N–H and O–H groups in total. The van der Waals surface area contributed by atoms with Crippen molar-refractivity contribution in [2.45, 2.75) is 39.2 Å². The van der Waals surface area contributed by atoms with E-state index in [1.165, 1.54) is 31.2 Å². The van der Waals surface area contributed by atoms with Crippen molar-refractivity contribution in [3.05, 3.63) is 34.8 Å². The van der Waals surface area contributed by atoms with Crippen LogP contribution in [0.4, 0.5) is 0 Å². The van der Waals surface area contributed by atoms with Crippen molar-refractivity contribution >= 4 is 15.9 Å². The molecule has 0 unspecified atom stereocenters. The molecule has 0 aromatic heterocycles. The molecule has 1 aromatic rings. The molecule has 0 aliphatic carbocycles. The zero-order valence-electron chi connectivity index (χ0n) is 13.1. The molecule has 0 fully saturated rings. The molecule has 1 aromatic carbocycles. The molecule has 0 atom stereocenters. The molecule has 4 heteroatoms. The lowest BCUT2D eigenvalue weighted by atomic mass is 10.2. The van der Waals surface area contributed by atoms with Crippen LogP contribution in [-0.2, 0) is 6.54 Å². The van der Waals surface area contributed by atoms with Crippen LogP contribution >= 0.6 is 15.9 Å². The smallest absolute Gasteiger partial charge is 0.175 e. The molecule has 0 amide bonds. The first kappa shape index (κ1) is 18.1. The maximum absolute atomic E-state index is 5.62. The van der Waals surface area contributed by atoms with Crippen LogP contribution in [0, 0.1) is 0 Å². The second-order valence-corrected chi connectivity index (χ2v) is 5.80. The number of hydrogen-bond donors (Lipinski definition) is 1. The summed E-state index contributed by atoms with van der Waals surface area (Å²) in [6, 6.07) is 4.09. The van der Waals surface area contributed by atoms with Crippen molar-refractivity contribution in [2.75, 3.05) is 20.3 Å². The summed E-state index contributed by atoms with van der Waals surface area (Å²) in [5.41, 5.74) is 1.18. The number of benzene rings is 1. The fourth-order valence-corrected chi connectivity index (χ4v) is 2.67. The number of hydrogen-bond acceptors (Lipinski definition) is 3. The Balaban J connectivity index is 2.55. The summed E-state index contributed by atoms with van der Waals surface area (Å²) < 4.78 is 11.9. The number of halogens is 1. The highest BCUT2D eigenvalue weighted by molar-refractivity contribution is 9.10. The van der Waals surface area contributed by atoms with E-state index in [2.05, 4.69) is 40.8 Å². The molecule has 21 heavy (non-hydrogen) atoms. The number of ether oxygens (including phenoxy) is 2. The highest BCUT2D eigenvalue weighted by Gasteiger charge is 2.11. The second kappa shape index (κ2) is 10.7. The van der Waals surface area contributed by atoms with E-state index in [0.29, 0.717) is 6.61 Å². The Bertz CT molecular complexity index is 435. The molecule has 0 bridgehead atoms. The minimum Gasteiger partial charge on any atom is -0.493 e. The first-order valence-electron chi connectivity index (χ1n) is 7.53. The van der Waals surface area contributed by atoms with Gasteiger partial charge in [0, 0.05) is 6.54 Å². The summed E-state index contributed by atoms with van der Waals surface area (Å²) in [6.45, 7) is 8.24. The number of methoxy groups -OCH3 is 1. The first-order chi connectivity index (χ1) is 10.2. The van der Waals surface area contributed by atoms with Crippen LogP contribution in [0.2, 0.25) is 0 Å². The number of nitrogens with one attached hydrogen (secondary N) is 1. The first-order valence-corrected chi connectivity index (χ1v) is 8.33. The lowest BCUT2D eigenvalue weighted by molar-refractivity contribution is 0.324. The number of rotatable bonds is 11. The predicted octanol–water partition coefficient (Wildman–Crippen LogP) is 4.69. The van der Waals surface area contributed by atoms with Crippen molar-refractivity contribution < 1.29 is 9.47 Å². The Morgan fingerprint density at radius 3 is 2.76 bits per heavy atom. The standard InChI is InChI=1S/C17H26BrNO2/c1-4-6-7-8-9-19-13-14-11-15(18)17(21-10-5-2)16(12-14)20-3/h5,11-12,19H,2,4,6-10,13H2,1,3H3. The molecule has 0 saturated heterocycles. The average molecular weight is 356 g/mol. The molecule has 3 nitrogen and oxygen atoms in total. The van der Waals surface area contributed by atoms with Gasteiger partial charge in [0.15, 0.2) is 11.5 Å². The highest BCUT2D eigenvalue weighted by atomic mass is 79.9. The third-order valence-corrected chi connectivity index (χ3v) is 3.76. The molecule has 118 valence electrons. The molecular formula is C17H26BrNO2. The largest absolute Gasteiger partial charge is 0.493 e. The topological polar surface area (TPSA) is 30.5 Å². The van der Waals surface area contributed by atoms with Crippen molar-refractivity contribution in [1.29, 1.82) is 0 Å². The molecule has 0 aliphatic rings. The van der Waals surface area contributed by atoms with Gasteiger partial charge in [-0.15, -0.1) is 0 Å². The van der Waals surface area contributed by atoms with Crippen molar-refractivity contribution in [2.24, 2.45) is 0 Å². The quantitative estimate of drug-likeness (QED) is 0.461. The van der Waals surface area contributed by atoms with Gasteiger partial charge in [0.25, 0.3) is 0 Å². The van der Waals surface area contributed by atoms with Gasteiger partial charge in [-0.3, -0.25) is 0 Å². The summed E-state index contributed by atoms with van der Waals surface area (Å²) in [7, 11) is 1.66. The molecule has 0 heterocycles. The fraction of sp³-hybridized carbons (Fsp3) is 0.529. The Labute approximate surface area is 136 Å². The van der Waals surface area contributed by atoms with Crippen molar-refractivity contribution in [1.82, 2.24) is 5.32 Å². The van der Waals surface area contributed by atoms with E-state index >= 15 is 0 Å². The highest BCUT2D eigenvalue weighted by Crippen LogP contribution is 2.36. The van der Waals surface area contributed by atoms with E-state index in [-0.39, 0.29) is 0 Å². The Hall–Kier alpha value is -1.00. The van der Waals surface area contributed by atoms with Gasteiger partial charge < -0.3 is 14.8 Å². The molecule has 0 spiro atoms. The summed E-state index contributed by atoms with van der Waals surface area (Å²) in [5, 5.41) is 3.47. The van der Waals surface area contributed by atoms with Crippen LogP contribution in [0.5, 0.6) is 11.5 Å². The van der Waals surface area contributed by atoms with Crippen LogP contribution in [0.25, 0.3) is 0 Å². The monoisotopic (exact) mass is 355 g/mol. The fourth-order valence-electron chi connectivity index (χ4n) is 2.07. The van der Waals surface area contributed by atoms with Crippen molar-refractivity contribution in [3.63, 3.8) is 0 Å². The Kier molecular flexibility index (Phi) is 9.19. The van der Waals surface area contributed by atoms with Crippen LogP contribution in [-0.4, -0.2) is 20.3 Å².